The lowest BCUT2D eigenvalue weighted by atomic mass is 10.1. The van der Waals surface area contributed by atoms with E-state index in [2.05, 4.69) is 25.8 Å². The molecule has 0 fully saturated rings. The number of fused-ring (bicyclic) bond motifs is 1. The minimum atomic E-state index is -4.74. The van der Waals surface area contributed by atoms with Crippen LogP contribution >= 0.6 is 0 Å². The molecule has 0 unspecified atom stereocenters. The summed E-state index contributed by atoms with van der Waals surface area (Å²) in [4.78, 5) is -0.565. The molecule has 0 spiro atoms. The Kier molecular flexibility index (Phi) is 7.49. The van der Waals surface area contributed by atoms with Crippen molar-refractivity contribution < 1.29 is 18.1 Å². The molecule has 11 heteroatoms. The summed E-state index contributed by atoms with van der Waals surface area (Å²) in [6.45, 7) is 0.502. The molecule has 5 aromatic rings. The maximum absolute atomic E-state index is 12.2. The van der Waals surface area contributed by atoms with Crippen molar-refractivity contribution in [2.75, 3.05) is 11.1 Å². The van der Waals surface area contributed by atoms with Gasteiger partial charge in [0.1, 0.15) is 10.6 Å². The van der Waals surface area contributed by atoms with Crippen LogP contribution in [0.25, 0.3) is 10.8 Å². The van der Waals surface area contributed by atoms with Crippen molar-refractivity contribution in [1.82, 2.24) is 0 Å². The van der Waals surface area contributed by atoms with Crippen LogP contribution in [-0.2, 0) is 16.7 Å². The van der Waals surface area contributed by atoms with E-state index in [4.69, 9.17) is 5.73 Å². The molecule has 0 aliphatic heterocycles. The maximum atomic E-state index is 12.2. The summed E-state index contributed by atoms with van der Waals surface area (Å²) in [5, 5.41) is 31.3. The van der Waals surface area contributed by atoms with Crippen LogP contribution in [0.5, 0.6) is 5.75 Å². The fraction of sp³-hybridized carbons (Fsp3) is 0.0345. The number of benzene rings is 5. The van der Waals surface area contributed by atoms with E-state index in [0.29, 0.717) is 45.8 Å². The van der Waals surface area contributed by atoms with Gasteiger partial charge in [0.25, 0.3) is 10.1 Å². The van der Waals surface area contributed by atoms with Gasteiger partial charge in [-0.2, -0.15) is 23.8 Å². The van der Waals surface area contributed by atoms with Crippen LogP contribution < -0.4 is 11.1 Å². The number of nitrogens with two attached hydrogens (primary N) is 1. The molecule has 5 aromatic carbocycles. The highest BCUT2D eigenvalue weighted by atomic mass is 32.2. The van der Waals surface area contributed by atoms with Crippen LogP contribution in [0.2, 0.25) is 0 Å². The Morgan fingerprint density at radius 3 is 1.95 bits per heavy atom. The van der Waals surface area contributed by atoms with Crippen molar-refractivity contribution in [2.24, 2.45) is 20.5 Å². The predicted octanol–water partition coefficient (Wildman–Crippen LogP) is 7.82. The number of hydrogen-bond donors (Lipinski definition) is 4. The van der Waals surface area contributed by atoms with Gasteiger partial charge in [-0.3, -0.25) is 4.55 Å². The second-order valence-electron chi connectivity index (χ2n) is 8.83. The first-order valence-corrected chi connectivity index (χ1v) is 13.5. The molecule has 10 nitrogen and oxygen atoms in total. The first kappa shape index (κ1) is 26.5. The SMILES string of the molecule is Nc1ccc(CNc2ccc3c(O)c(N=Nc4ccc(N=Nc5ccccc5)cc4)c(S(=O)(=O)O)cc3c2)cc1. The van der Waals surface area contributed by atoms with Gasteiger partial charge in [0.15, 0.2) is 5.75 Å². The lowest BCUT2D eigenvalue weighted by Crippen LogP contribution is -2.01. The molecule has 0 heterocycles. The first-order chi connectivity index (χ1) is 19.3. The molecule has 5 N–H and O–H groups in total. The van der Waals surface area contributed by atoms with Gasteiger partial charge in [0.05, 0.1) is 17.1 Å². The molecule has 0 aromatic heterocycles. The highest BCUT2D eigenvalue weighted by Gasteiger charge is 2.22. The van der Waals surface area contributed by atoms with Gasteiger partial charge in [-0.25, -0.2) is 0 Å². The van der Waals surface area contributed by atoms with E-state index in [1.165, 1.54) is 6.07 Å². The number of anilines is 2. The number of nitrogen functional groups attached to an aromatic ring is 1. The van der Waals surface area contributed by atoms with Crippen LogP contribution in [0.15, 0.2) is 128 Å². The molecule has 200 valence electrons. The van der Waals surface area contributed by atoms with Crippen molar-refractivity contribution in [3.63, 3.8) is 0 Å². The number of azo groups is 2. The van der Waals surface area contributed by atoms with Gasteiger partial charge < -0.3 is 16.2 Å². The quantitative estimate of drug-likeness (QED) is 0.0871. The Morgan fingerprint density at radius 2 is 1.32 bits per heavy atom. The Morgan fingerprint density at radius 1 is 0.725 bits per heavy atom. The molecule has 0 atom stereocenters. The number of aromatic hydroxyl groups is 1. The van der Waals surface area contributed by atoms with Crippen molar-refractivity contribution in [1.29, 1.82) is 0 Å². The smallest absolute Gasteiger partial charge is 0.296 e. The van der Waals surface area contributed by atoms with E-state index < -0.39 is 20.8 Å². The van der Waals surface area contributed by atoms with E-state index in [-0.39, 0.29) is 5.69 Å². The van der Waals surface area contributed by atoms with Crippen LogP contribution in [0.1, 0.15) is 5.56 Å². The molecule has 0 amide bonds. The standard InChI is InChI=1S/C29H24N6O4S/c30-21-8-6-19(7-9-21)18-31-25-14-15-26-20(16-25)17-27(40(37,38)39)28(29(26)36)35-34-24-12-10-23(11-13-24)33-32-22-4-2-1-3-5-22/h1-17,31,36H,18,30H2,(H,37,38,39). The van der Waals surface area contributed by atoms with Gasteiger partial charge in [-0.1, -0.05) is 30.3 Å². The number of nitrogens with zero attached hydrogens (tertiary/aromatic N) is 4. The van der Waals surface area contributed by atoms with E-state index in [1.807, 2.05) is 42.5 Å². The largest absolute Gasteiger partial charge is 0.505 e. The zero-order valence-electron chi connectivity index (χ0n) is 21.0. The highest BCUT2D eigenvalue weighted by Crippen LogP contribution is 2.42. The normalized spacial score (nSPS) is 11.9. The average Bonchev–Trinajstić information content (AvgIpc) is 2.95. The third kappa shape index (κ3) is 6.29. The van der Waals surface area contributed by atoms with E-state index in [0.717, 1.165) is 5.56 Å². The lowest BCUT2D eigenvalue weighted by molar-refractivity contribution is 0.472. The van der Waals surface area contributed by atoms with Crippen LogP contribution in [0.3, 0.4) is 0 Å². The molecule has 0 aliphatic carbocycles. The number of hydrogen-bond acceptors (Lipinski definition) is 9. The minimum Gasteiger partial charge on any atom is -0.505 e. The number of nitrogens with one attached hydrogen (secondary N) is 1. The Hall–Kier alpha value is -5.13. The monoisotopic (exact) mass is 552 g/mol. The second kappa shape index (κ2) is 11.3. The fourth-order valence-electron chi connectivity index (χ4n) is 3.90. The summed E-state index contributed by atoms with van der Waals surface area (Å²) in [5.41, 5.74) is 9.37. The van der Waals surface area contributed by atoms with Gasteiger partial charge >= 0.3 is 0 Å². The van der Waals surface area contributed by atoms with Crippen molar-refractivity contribution in [3.8, 4) is 5.75 Å². The average molecular weight is 553 g/mol. The lowest BCUT2D eigenvalue weighted by Gasteiger charge is -2.12. The molecule has 0 radical (unpaired) electrons. The molecule has 0 aliphatic rings. The molecule has 40 heavy (non-hydrogen) atoms. The summed E-state index contributed by atoms with van der Waals surface area (Å²) in [5.74, 6) is -0.424. The highest BCUT2D eigenvalue weighted by molar-refractivity contribution is 7.86. The Labute approximate surface area is 230 Å². The van der Waals surface area contributed by atoms with Gasteiger partial charge in [0, 0.05) is 23.3 Å². The molecule has 0 saturated carbocycles. The summed E-state index contributed by atoms with van der Waals surface area (Å²) in [6.07, 6.45) is 0. The molecule has 5 rings (SSSR count). The van der Waals surface area contributed by atoms with Gasteiger partial charge in [0.2, 0.25) is 0 Å². The zero-order valence-corrected chi connectivity index (χ0v) is 21.8. The Balaban J connectivity index is 1.40. The number of phenols is 1. The van der Waals surface area contributed by atoms with Crippen molar-refractivity contribution in [3.05, 3.63) is 109 Å². The molecular weight excluding hydrogens is 528 g/mol. The summed E-state index contributed by atoms with van der Waals surface area (Å²) in [6, 6.07) is 29.5. The van der Waals surface area contributed by atoms with Crippen molar-refractivity contribution in [2.45, 2.75) is 11.4 Å². The van der Waals surface area contributed by atoms with Crippen LogP contribution in [0, 0.1) is 0 Å². The maximum Gasteiger partial charge on any atom is 0.296 e. The van der Waals surface area contributed by atoms with Gasteiger partial charge in [-0.05, 0) is 83.7 Å². The fourth-order valence-corrected chi connectivity index (χ4v) is 4.56. The second-order valence-corrected chi connectivity index (χ2v) is 10.2. The third-order valence-corrected chi connectivity index (χ3v) is 6.82. The zero-order chi connectivity index (χ0) is 28.1. The van der Waals surface area contributed by atoms with Crippen molar-refractivity contribution >= 4 is 55.0 Å². The minimum absolute atomic E-state index is 0.344. The predicted molar refractivity (Wildman–Crippen MR) is 155 cm³/mol. The molecule has 0 bridgehead atoms. The van der Waals surface area contributed by atoms with Crippen LogP contribution in [0.4, 0.5) is 34.1 Å². The topological polar surface area (TPSA) is 162 Å². The third-order valence-electron chi connectivity index (χ3n) is 5.96. The van der Waals surface area contributed by atoms with E-state index in [9.17, 15) is 18.1 Å². The number of phenolic OH excluding ortho intramolecular Hbond substituents is 1. The molecular formula is C29H24N6O4S. The van der Waals surface area contributed by atoms with E-state index in [1.54, 1.807) is 54.6 Å². The molecule has 0 saturated heterocycles. The van der Waals surface area contributed by atoms with Gasteiger partial charge in [-0.15, -0.1) is 5.11 Å². The number of rotatable bonds is 8. The Bertz CT molecular complexity index is 1820. The van der Waals surface area contributed by atoms with Crippen LogP contribution in [-0.4, -0.2) is 18.1 Å². The summed E-state index contributed by atoms with van der Waals surface area (Å²) >= 11 is 0. The van der Waals surface area contributed by atoms with E-state index >= 15 is 0 Å². The first-order valence-electron chi connectivity index (χ1n) is 12.1. The summed E-state index contributed by atoms with van der Waals surface area (Å²) < 4.78 is 34.3. The summed E-state index contributed by atoms with van der Waals surface area (Å²) in [7, 11) is -4.74.